The van der Waals surface area contributed by atoms with Gasteiger partial charge in [0.15, 0.2) is 0 Å². The predicted molar refractivity (Wildman–Crippen MR) is 118 cm³/mol. The van der Waals surface area contributed by atoms with E-state index >= 15 is 0 Å². The van der Waals surface area contributed by atoms with Crippen LogP contribution in [0.3, 0.4) is 0 Å². The average Bonchev–Trinajstić information content (AvgIpc) is 2.72. The van der Waals surface area contributed by atoms with Crippen molar-refractivity contribution >= 4 is 23.6 Å². The molecule has 0 radical (unpaired) electrons. The molecular formula is C23H26N2O3S. The zero-order valence-electron chi connectivity index (χ0n) is 16.5. The number of hydrogen-bond acceptors (Lipinski definition) is 4. The van der Waals surface area contributed by atoms with E-state index in [0.717, 1.165) is 16.4 Å². The minimum Gasteiger partial charge on any atom is -0.457 e. The third kappa shape index (κ3) is 7.50. The molecule has 0 saturated heterocycles. The lowest BCUT2D eigenvalue weighted by molar-refractivity contribution is -0.134. The maximum atomic E-state index is 12.8. The zero-order valence-corrected chi connectivity index (χ0v) is 17.4. The van der Waals surface area contributed by atoms with Crippen molar-refractivity contribution in [3.05, 3.63) is 79.9 Å². The fraction of sp³-hybridized carbons (Fsp3) is 0.217. The van der Waals surface area contributed by atoms with Gasteiger partial charge in [0.05, 0.1) is 0 Å². The number of ether oxygens (including phenoxy) is 1. The van der Waals surface area contributed by atoms with E-state index in [0.29, 0.717) is 18.8 Å². The molecule has 2 aromatic carbocycles. The van der Waals surface area contributed by atoms with Gasteiger partial charge in [-0.25, -0.2) is 0 Å². The summed E-state index contributed by atoms with van der Waals surface area (Å²) >= 11 is 1.50. The molecule has 1 unspecified atom stereocenters. The molecule has 0 aromatic heterocycles. The molecule has 152 valence electrons. The third-order valence-electron chi connectivity index (χ3n) is 3.91. The number of rotatable bonds is 11. The van der Waals surface area contributed by atoms with Gasteiger partial charge < -0.3 is 15.0 Å². The fourth-order valence-corrected chi connectivity index (χ4v) is 3.53. The van der Waals surface area contributed by atoms with E-state index < -0.39 is 6.04 Å². The maximum absolute atomic E-state index is 12.8. The second kappa shape index (κ2) is 11.8. The first-order chi connectivity index (χ1) is 14.0. The molecule has 2 aromatic rings. The molecule has 0 heterocycles. The van der Waals surface area contributed by atoms with Crippen LogP contribution in [0.1, 0.15) is 6.92 Å². The Bertz CT molecular complexity index is 812. The van der Waals surface area contributed by atoms with Crippen LogP contribution in [0.5, 0.6) is 11.5 Å². The second-order valence-electron chi connectivity index (χ2n) is 6.27. The number of benzene rings is 2. The minimum atomic E-state index is -0.627. The Balaban J connectivity index is 2.00. The molecular weight excluding hydrogens is 384 g/mol. The third-order valence-corrected chi connectivity index (χ3v) is 5.01. The van der Waals surface area contributed by atoms with Crippen molar-refractivity contribution in [2.24, 2.45) is 0 Å². The molecule has 29 heavy (non-hydrogen) atoms. The van der Waals surface area contributed by atoms with Crippen LogP contribution in [-0.4, -0.2) is 41.6 Å². The number of carbonyl (C=O) groups is 2. The highest BCUT2D eigenvalue weighted by molar-refractivity contribution is 7.99. The Morgan fingerprint density at radius 3 is 2.17 bits per heavy atom. The van der Waals surface area contributed by atoms with Crippen molar-refractivity contribution in [2.75, 3.05) is 18.8 Å². The highest BCUT2D eigenvalue weighted by Gasteiger charge is 2.24. The van der Waals surface area contributed by atoms with Gasteiger partial charge in [-0.15, -0.1) is 24.9 Å². The van der Waals surface area contributed by atoms with Gasteiger partial charge in [0.25, 0.3) is 0 Å². The van der Waals surface area contributed by atoms with Crippen LogP contribution in [0.2, 0.25) is 0 Å². The highest BCUT2D eigenvalue weighted by Crippen LogP contribution is 2.25. The molecule has 0 aliphatic rings. The molecule has 0 saturated carbocycles. The van der Waals surface area contributed by atoms with Gasteiger partial charge in [0, 0.05) is 30.7 Å². The smallest absolute Gasteiger partial charge is 0.246 e. The first kappa shape index (κ1) is 22.3. The molecule has 0 bridgehead atoms. The normalized spacial score (nSPS) is 11.2. The number of carbonyl (C=O) groups excluding carboxylic acids is 2. The van der Waals surface area contributed by atoms with Gasteiger partial charge in [-0.2, -0.15) is 0 Å². The Labute approximate surface area is 176 Å². The summed E-state index contributed by atoms with van der Waals surface area (Å²) in [6.45, 7) is 9.58. The number of thioether (sulfide) groups is 1. The molecule has 0 spiro atoms. The quantitative estimate of drug-likeness (QED) is 0.444. The summed E-state index contributed by atoms with van der Waals surface area (Å²) in [7, 11) is 0. The lowest BCUT2D eigenvalue weighted by Gasteiger charge is -2.25. The lowest BCUT2D eigenvalue weighted by Crippen LogP contribution is -2.49. The summed E-state index contributed by atoms with van der Waals surface area (Å²) in [5.74, 6) is 1.53. The Morgan fingerprint density at radius 1 is 1.03 bits per heavy atom. The van der Waals surface area contributed by atoms with Crippen LogP contribution < -0.4 is 10.1 Å². The number of amides is 2. The summed E-state index contributed by atoms with van der Waals surface area (Å²) in [5, 5.41) is 2.75. The number of nitrogens with zero attached hydrogens (tertiary/aromatic N) is 1. The molecule has 0 aliphatic carbocycles. The van der Waals surface area contributed by atoms with Crippen molar-refractivity contribution in [3.63, 3.8) is 0 Å². The first-order valence-electron chi connectivity index (χ1n) is 9.27. The van der Waals surface area contributed by atoms with Crippen LogP contribution in [0.15, 0.2) is 84.8 Å². The van der Waals surface area contributed by atoms with E-state index in [4.69, 9.17) is 4.74 Å². The predicted octanol–water partition coefficient (Wildman–Crippen LogP) is 4.28. The van der Waals surface area contributed by atoms with Crippen LogP contribution in [-0.2, 0) is 9.59 Å². The largest absolute Gasteiger partial charge is 0.457 e. The standard InChI is InChI=1S/C23H26N2O3S/c1-4-15-25(16-5-2)23(27)22(24-18(3)26)17-29-21-13-11-20(12-14-21)28-19-9-7-6-8-10-19/h4-14,22H,1-2,15-17H2,3H3,(H,24,26). The maximum Gasteiger partial charge on any atom is 0.246 e. The molecule has 6 heteroatoms. The van der Waals surface area contributed by atoms with E-state index in [-0.39, 0.29) is 11.8 Å². The van der Waals surface area contributed by atoms with Crippen molar-refractivity contribution in [1.29, 1.82) is 0 Å². The van der Waals surface area contributed by atoms with Gasteiger partial charge in [0.2, 0.25) is 11.8 Å². The van der Waals surface area contributed by atoms with Crippen molar-refractivity contribution in [1.82, 2.24) is 10.2 Å². The van der Waals surface area contributed by atoms with Crippen molar-refractivity contribution in [3.8, 4) is 11.5 Å². The van der Waals surface area contributed by atoms with Crippen LogP contribution >= 0.6 is 11.8 Å². The van der Waals surface area contributed by atoms with E-state index in [1.54, 1.807) is 17.1 Å². The first-order valence-corrected chi connectivity index (χ1v) is 10.3. The van der Waals surface area contributed by atoms with Gasteiger partial charge in [-0.3, -0.25) is 9.59 Å². The lowest BCUT2D eigenvalue weighted by atomic mass is 10.2. The van der Waals surface area contributed by atoms with E-state index in [2.05, 4.69) is 18.5 Å². The van der Waals surface area contributed by atoms with E-state index in [1.165, 1.54) is 18.7 Å². The summed E-state index contributed by atoms with van der Waals surface area (Å²) in [4.78, 5) is 27.0. The number of nitrogens with one attached hydrogen (secondary N) is 1. The number of hydrogen-bond donors (Lipinski definition) is 1. The van der Waals surface area contributed by atoms with Crippen molar-refractivity contribution in [2.45, 2.75) is 17.9 Å². The van der Waals surface area contributed by atoms with Crippen LogP contribution in [0, 0.1) is 0 Å². The summed E-state index contributed by atoms with van der Waals surface area (Å²) in [6.07, 6.45) is 3.32. The summed E-state index contributed by atoms with van der Waals surface area (Å²) in [6, 6.07) is 16.6. The molecule has 5 nitrogen and oxygen atoms in total. The van der Waals surface area contributed by atoms with Gasteiger partial charge in [-0.05, 0) is 36.4 Å². The Morgan fingerprint density at radius 2 is 1.62 bits per heavy atom. The van der Waals surface area contributed by atoms with Gasteiger partial charge >= 0.3 is 0 Å². The van der Waals surface area contributed by atoms with Crippen LogP contribution in [0.25, 0.3) is 0 Å². The minimum absolute atomic E-state index is 0.156. The zero-order chi connectivity index (χ0) is 21.1. The Kier molecular flexibility index (Phi) is 9.05. The molecule has 2 amide bonds. The highest BCUT2D eigenvalue weighted by atomic mass is 32.2. The average molecular weight is 411 g/mol. The summed E-state index contributed by atoms with van der Waals surface area (Å²) in [5.41, 5.74) is 0. The van der Waals surface area contributed by atoms with Crippen LogP contribution in [0.4, 0.5) is 0 Å². The van der Waals surface area contributed by atoms with E-state index in [1.807, 2.05) is 54.6 Å². The number of para-hydroxylation sites is 1. The summed E-state index contributed by atoms with van der Waals surface area (Å²) < 4.78 is 5.79. The molecule has 1 atom stereocenters. The topological polar surface area (TPSA) is 58.6 Å². The fourth-order valence-electron chi connectivity index (χ4n) is 2.61. The molecule has 2 rings (SSSR count). The Hall–Kier alpha value is -2.99. The van der Waals surface area contributed by atoms with E-state index in [9.17, 15) is 9.59 Å². The molecule has 0 aliphatic heterocycles. The second-order valence-corrected chi connectivity index (χ2v) is 7.36. The van der Waals surface area contributed by atoms with Gasteiger partial charge in [-0.1, -0.05) is 30.4 Å². The molecule has 0 fully saturated rings. The monoisotopic (exact) mass is 410 g/mol. The molecule has 1 N–H and O–H groups in total. The van der Waals surface area contributed by atoms with Crippen molar-refractivity contribution < 1.29 is 14.3 Å². The SMILES string of the molecule is C=CCN(CC=C)C(=O)C(CSc1ccc(Oc2ccccc2)cc1)NC(C)=O. The van der Waals surface area contributed by atoms with Gasteiger partial charge in [0.1, 0.15) is 17.5 Å².